The molecule has 0 aromatic carbocycles. The van der Waals surface area contributed by atoms with Crippen LogP contribution in [0.3, 0.4) is 0 Å². The summed E-state index contributed by atoms with van der Waals surface area (Å²) in [6.07, 6.45) is 8.06. The molecule has 2 aromatic rings. The molecule has 0 radical (unpaired) electrons. The molecule has 1 saturated heterocycles. The lowest BCUT2D eigenvalue weighted by molar-refractivity contribution is 0.0756. The molecule has 1 aliphatic heterocycles. The minimum Gasteiger partial charge on any atom is -0.380 e. The van der Waals surface area contributed by atoms with Gasteiger partial charge in [0.25, 0.3) is 5.91 Å². The van der Waals surface area contributed by atoms with Crippen LogP contribution < -0.4 is 0 Å². The number of imidazole rings is 1. The lowest BCUT2D eigenvalue weighted by Crippen LogP contribution is -2.40. The van der Waals surface area contributed by atoms with Crippen LogP contribution in [0.25, 0.3) is 5.65 Å². The zero-order valence-electron chi connectivity index (χ0n) is 13.1. The molecule has 7 heteroatoms. The maximum Gasteiger partial charge on any atom is 0.276 e. The van der Waals surface area contributed by atoms with Gasteiger partial charge in [-0.15, -0.1) is 0 Å². The molecular formula is C15H21N5O2. The normalized spacial score (nSPS) is 22.3. The molecule has 1 aliphatic rings. The van der Waals surface area contributed by atoms with Crippen molar-refractivity contribution in [3.63, 3.8) is 0 Å². The molecule has 3 heterocycles. The minimum atomic E-state index is -0.105. The number of hydrogen-bond acceptors (Lipinski definition) is 5. The van der Waals surface area contributed by atoms with Crippen molar-refractivity contribution < 1.29 is 9.53 Å². The number of likely N-dealkylation sites (tertiary alicyclic amines) is 1. The van der Waals surface area contributed by atoms with Crippen molar-refractivity contribution >= 4 is 11.6 Å². The number of amides is 1. The average Bonchev–Trinajstić information content (AvgIpc) is 3.13. The third kappa shape index (κ3) is 2.69. The molecule has 2 aromatic heterocycles. The van der Waals surface area contributed by atoms with Gasteiger partial charge in [-0.25, -0.2) is 9.97 Å². The summed E-state index contributed by atoms with van der Waals surface area (Å²) in [6.45, 7) is 1.55. The Morgan fingerprint density at radius 3 is 2.82 bits per heavy atom. The molecular weight excluding hydrogens is 282 g/mol. The molecule has 0 spiro atoms. The summed E-state index contributed by atoms with van der Waals surface area (Å²) in [5, 5.41) is 0. The Bertz CT molecular complexity index is 671. The highest BCUT2D eigenvalue weighted by atomic mass is 16.5. The van der Waals surface area contributed by atoms with Crippen LogP contribution in [0.15, 0.2) is 24.8 Å². The quantitative estimate of drug-likeness (QED) is 0.824. The van der Waals surface area contributed by atoms with Crippen LogP contribution in [0.4, 0.5) is 0 Å². The van der Waals surface area contributed by atoms with E-state index in [1.165, 1.54) is 0 Å². The highest BCUT2D eigenvalue weighted by molar-refractivity contribution is 5.97. The van der Waals surface area contributed by atoms with Crippen molar-refractivity contribution in [3.8, 4) is 0 Å². The van der Waals surface area contributed by atoms with Crippen molar-refractivity contribution in [2.24, 2.45) is 0 Å². The number of fused-ring (bicyclic) bond motifs is 1. The Balaban J connectivity index is 1.74. The smallest absolute Gasteiger partial charge is 0.276 e. The Morgan fingerprint density at radius 1 is 1.41 bits per heavy atom. The van der Waals surface area contributed by atoms with Crippen LogP contribution in [0.1, 0.15) is 16.9 Å². The maximum atomic E-state index is 12.7. The lowest BCUT2D eigenvalue weighted by atomic mass is 10.2. The molecule has 2 atom stereocenters. The molecule has 0 aliphatic carbocycles. The second kappa shape index (κ2) is 6.02. The monoisotopic (exact) mass is 303 g/mol. The molecule has 0 bridgehead atoms. The number of carbonyl (C=O) groups is 1. The second-order valence-corrected chi connectivity index (χ2v) is 5.81. The van der Waals surface area contributed by atoms with Gasteiger partial charge in [-0.3, -0.25) is 9.69 Å². The van der Waals surface area contributed by atoms with E-state index < -0.39 is 0 Å². The Kier molecular flexibility index (Phi) is 4.08. The predicted molar refractivity (Wildman–Crippen MR) is 81.8 cm³/mol. The van der Waals surface area contributed by atoms with Gasteiger partial charge in [-0.1, -0.05) is 0 Å². The van der Waals surface area contributed by atoms with E-state index in [4.69, 9.17) is 4.74 Å². The van der Waals surface area contributed by atoms with E-state index in [0.29, 0.717) is 23.9 Å². The van der Waals surface area contributed by atoms with Crippen molar-refractivity contribution in [2.45, 2.75) is 18.6 Å². The third-order valence-corrected chi connectivity index (χ3v) is 4.33. The SMILES string of the molecule is CO[C@H]1C[C@@H](CN(C)C(=O)c2nccn3ccnc23)N(C)C1. The Labute approximate surface area is 129 Å². The number of rotatable bonds is 4. The first kappa shape index (κ1) is 14.9. The van der Waals surface area contributed by atoms with Gasteiger partial charge >= 0.3 is 0 Å². The molecule has 1 amide bonds. The zero-order valence-corrected chi connectivity index (χ0v) is 13.1. The first-order valence-electron chi connectivity index (χ1n) is 7.36. The summed E-state index contributed by atoms with van der Waals surface area (Å²) >= 11 is 0. The molecule has 22 heavy (non-hydrogen) atoms. The highest BCUT2D eigenvalue weighted by Crippen LogP contribution is 2.19. The standard InChI is InChI=1S/C15H21N5O2/c1-18-10-12(22-3)8-11(18)9-19(2)15(21)13-14-17-5-7-20(14)6-4-16-13/h4-7,11-12H,8-10H2,1-3H3/t11-,12-/m0/s1. The molecule has 1 fully saturated rings. The van der Waals surface area contributed by atoms with E-state index in [2.05, 4.69) is 21.9 Å². The second-order valence-electron chi connectivity index (χ2n) is 5.81. The van der Waals surface area contributed by atoms with Crippen molar-refractivity contribution in [1.29, 1.82) is 0 Å². The molecule has 7 nitrogen and oxygen atoms in total. The van der Waals surface area contributed by atoms with E-state index >= 15 is 0 Å². The van der Waals surface area contributed by atoms with Gasteiger partial charge in [-0.2, -0.15) is 0 Å². The number of aromatic nitrogens is 3. The first-order valence-corrected chi connectivity index (χ1v) is 7.36. The highest BCUT2D eigenvalue weighted by Gasteiger charge is 2.31. The molecule has 118 valence electrons. The fraction of sp³-hybridized carbons (Fsp3) is 0.533. The minimum absolute atomic E-state index is 0.105. The number of carbonyl (C=O) groups excluding carboxylic acids is 1. The van der Waals surface area contributed by atoms with Crippen LogP contribution in [-0.4, -0.2) is 76.5 Å². The van der Waals surface area contributed by atoms with Gasteiger partial charge in [0, 0.05) is 58.1 Å². The van der Waals surface area contributed by atoms with Gasteiger partial charge in [0.1, 0.15) is 0 Å². The van der Waals surface area contributed by atoms with Crippen LogP contribution in [-0.2, 0) is 4.74 Å². The molecule has 0 saturated carbocycles. The van der Waals surface area contributed by atoms with Gasteiger partial charge in [-0.05, 0) is 13.5 Å². The summed E-state index contributed by atoms with van der Waals surface area (Å²) < 4.78 is 7.22. The number of hydrogen-bond donors (Lipinski definition) is 0. The first-order chi connectivity index (χ1) is 10.6. The van der Waals surface area contributed by atoms with Gasteiger partial charge in [0.05, 0.1) is 6.10 Å². The summed E-state index contributed by atoms with van der Waals surface area (Å²) in [5.74, 6) is -0.105. The third-order valence-electron chi connectivity index (χ3n) is 4.33. The van der Waals surface area contributed by atoms with Gasteiger partial charge < -0.3 is 14.0 Å². The number of ether oxygens (including phenoxy) is 1. The largest absolute Gasteiger partial charge is 0.380 e. The van der Waals surface area contributed by atoms with Crippen molar-refractivity contribution in [3.05, 3.63) is 30.5 Å². The maximum absolute atomic E-state index is 12.7. The topological polar surface area (TPSA) is 63.0 Å². The van der Waals surface area contributed by atoms with E-state index in [-0.39, 0.29) is 12.0 Å². The van der Waals surface area contributed by atoms with Gasteiger partial charge in [0.2, 0.25) is 0 Å². The Hall–Kier alpha value is -1.99. The predicted octanol–water partition coefficient (Wildman–Crippen LogP) is 0.520. The van der Waals surface area contributed by atoms with E-state index in [9.17, 15) is 4.79 Å². The van der Waals surface area contributed by atoms with Crippen LogP contribution in [0.2, 0.25) is 0 Å². The number of methoxy groups -OCH3 is 1. The van der Waals surface area contributed by atoms with E-state index in [0.717, 1.165) is 13.0 Å². The van der Waals surface area contributed by atoms with E-state index in [1.54, 1.807) is 35.0 Å². The lowest BCUT2D eigenvalue weighted by Gasteiger charge is -2.25. The molecule has 0 N–H and O–H groups in total. The van der Waals surface area contributed by atoms with Crippen molar-refractivity contribution in [1.82, 2.24) is 24.2 Å². The number of likely N-dealkylation sites (N-methyl/N-ethyl adjacent to an activating group) is 2. The fourth-order valence-electron chi connectivity index (χ4n) is 3.00. The fourth-order valence-corrected chi connectivity index (χ4v) is 3.00. The summed E-state index contributed by atoms with van der Waals surface area (Å²) in [4.78, 5) is 25.0. The average molecular weight is 303 g/mol. The number of nitrogens with zero attached hydrogens (tertiary/aromatic N) is 5. The summed E-state index contributed by atoms with van der Waals surface area (Å²) in [7, 11) is 5.61. The van der Waals surface area contributed by atoms with Crippen LogP contribution >= 0.6 is 0 Å². The van der Waals surface area contributed by atoms with Crippen LogP contribution in [0.5, 0.6) is 0 Å². The Morgan fingerprint density at radius 2 is 2.14 bits per heavy atom. The summed E-state index contributed by atoms with van der Waals surface area (Å²) in [5.41, 5.74) is 0.979. The summed E-state index contributed by atoms with van der Waals surface area (Å²) in [6, 6.07) is 0.304. The zero-order chi connectivity index (χ0) is 15.7. The van der Waals surface area contributed by atoms with Gasteiger partial charge in [0.15, 0.2) is 11.3 Å². The molecule has 0 unspecified atom stereocenters. The van der Waals surface area contributed by atoms with E-state index in [1.807, 2.05) is 13.2 Å². The molecule has 3 rings (SSSR count). The van der Waals surface area contributed by atoms with Crippen LogP contribution in [0, 0.1) is 0 Å². The van der Waals surface area contributed by atoms with Crippen molar-refractivity contribution in [2.75, 3.05) is 34.3 Å².